The fraction of sp³-hybridized carbons (Fsp3) is 0.235. The number of hydrogen-bond acceptors (Lipinski definition) is 3. The van der Waals surface area contributed by atoms with Gasteiger partial charge in [0, 0.05) is 5.56 Å². The first kappa shape index (κ1) is 14.0. The van der Waals surface area contributed by atoms with Crippen molar-refractivity contribution >= 4 is 0 Å². The molecule has 0 fully saturated rings. The fourth-order valence-corrected chi connectivity index (χ4v) is 2.27. The number of aryl methyl sites for hydroxylation is 2. The molecule has 0 aliphatic rings. The third-order valence-electron chi connectivity index (χ3n) is 3.22. The van der Waals surface area contributed by atoms with Gasteiger partial charge >= 0.3 is 0 Å². The summed E-state index contributed by atoms with van der Waals surface area (Å²) in [6.45, 7) is 3.98. The highest BCUT2D eigenvalue weighted by Gasteiger charge is 2.17. The maximum atomic E-state index is 9.32. The molecule has 0 spiro atoms. The summed E-state index contributed by atoms with van der Waals surface area (Å²) in [5, 5.41) is 9.32. The number of methoxy groups -OCH3 is 2. The normalized spacial score (nSPS) is 9.95. The number of hydrogen-bond donors (Lipinski definition) is 0. The molecule has 2 aromatic rings. The Morgan fingerprint density at radius 1 is 0.900 bits per heavy atom. The molecule has 3 heteroatoms. The molecular weight excluding hydrogens is 250 g/mol. The summed E-state index contributed by atoms with van der Waals surface area (Å²) in [5.41, 5.74) is 4.40. The molecule has 0 amide bonds. The number of nitriles is 1. The van der Waals surface area contributed by atoms with Crippen molar-refractivity contribution < 1.29 is 9.47 Å². The Bertz CT molecular complexity index is 659. The van der Waals surface area contributed by atoms with Gasteiger partial charge in [-0.05, 0) is 43.7 Å². The largest absolute Gasteiger partial charge is 0.496 e. The smallest absolute Gasteiger partial charge is 0.130 e. The monoisotopic (exact) mass is 267 g/mol. The Morgan fingerprint density at radius 2 is 1.50 bits per heavy atom. The van der Waals surface area contributed by atoms with Crippen LogP contribution in [0.1, 0.15) is 16.7 Å². The average Bonchev–Trinajstić information content (AvgIpc) is 2.46. The lowest BCUT2D eigenvalue weighted by Gasteiger charge is -2.16. The molecule has 0 heterocycles. The molecule has 0 radical (unpaired) electrons. The van der Waals surface area contributed by atoms with Crippen molar-refractivity contribution in [2.24, 2.45) is 0 Å². The zero-order valence-electron chi connectivity index (χ0n) is 12.2. The molecule has 0 aliphatic heterocycles. The number of ether oxygens (including phenoxy) is 2. The van der Waals surface area contributed by atoms with E-state index in [1.54, 1.807) is 14.2 Å². The Hall–Kier alpha value is -2.47. The van der Waals surface area contributed by atoms with Gasteiger partial charge in [0.25, 0.3) is 0 Å². The highest BCUT2D eigenvalue weighted by Crippen LogP contribution is 2.41. The van der Waals surface area contributed by atoms with Crippen LogP contribution in [0.3, 0.4) is 0 Å². The topological polar surface area (TPSA) is 42.2 Å². The quantitative estimate of drug-likeness (QED) is 0.848. The molecule has 0 bridgehead atoms. The van der Waals surface area contributed by atoms with Crippen molar-refractivity contribution in [3.63, 3.8) is 0 Å². The first-order valence-electron chi connectivity index (χ1n) is 6.34. The van der Waals surface area contributed by atoms with Gasteiger partial charge in [0.1, 0.15) is 11.5 Å². The summed E-state index contributed by atoms with van der Waals surface area (Å²) in [7, 11) is 3.25. The molecule has 0 aromatic heterocycles. The Morgan fingerprint density at radius 3 is 2.00 bits per heavy atom. The van der Waals surface area contributed by atoms with Crippen LogP contribution in [-0.4, -0.2) is 14.2 Å². The second-order valence-corrected chi connectivity index (χ2v) is 4.71. The van der Waals surface area contributed by atoms with Gasteiger partial charge in [0.2, 0.25) is 0 Å². The van der Waals surface area contributed by atoms with Gasteiger partial charge in [0.15, 0.2) is 0 Å². The number of rotatable bonds is 3. The minimum Gasteiger partial charge on any atom is -0.496 e. The van der Waals surface area contributed by atoms with Crippen LogP contribution in [0.4, 0.5) is 0 Å². The van der Waals surface area contributed by atoms with Crippen molar-refractivity contribution in [3.8, 4) is 28.7 Å². The van der Waals surface area contributed by atoms with E-state index in [0.717, 1.165) is 22.3 Å². The first-order chi connectivity index (χ1) is 9.60. The highest BCUT2D eigenvalue weighted by molar-refractivity contribution is 5.81. The van der Waals surface area contributed by atoms with Crippen LogP contribution in [0.25, 0.3) is 11.1 Å². The lowest BCUT2D eigenvalue weighted by atomic mass is 9.95. The predicted molar refractivity (Wildman–Crippen MR) is 79.2 cm³/mol. The van der Waals surface area contributed by atoms with Gasteiger partial charge in [-0.3, -0.25) is 0 Å². The third-order valence-corrected chi connectivity index (χ3v) is 3.22. The van der Waals surface area contributed by atoms with E-state index in [-0.39, 0.29) is 0 Å². The molecule has 3 nitrogen and oxygen atoms in total. The highest BCUT2D eigenvalue weighted by atomic mass is 16.5. The fourth-order valence-electron chi connectivity index (χ4n) is 2.27. The summed E-state index contributed by atoms with van der Waals surface area (Å²) in [4.78, 5) is 0. The maximum absolute atomic E-state index is 9.32. The molecule has 102 valence electrons. The first-order valence-corrected chi connectivity index (χ1v) is 6.34. The van der Waals surface area contributed by atoms with Crippen LogP contribution in [0.5, 0.6) is 11.5 Å². The van der Waals surface area contributed by atoms with Gasteiger partial charge in [-0.1, -0.05) is 11.6 Å². The van der Waals surface area contributed by atoms with Crippen LogP contribution < -0.4 is 9.47 Å². The van der Waals surface area contributed by atoms with Crippen molar-refractivity contribution in [2.75, 3.05) is 14.2 Å². The molecule has 0 aliphatic carbocycles. The number of benzene rings is 2. The van der Waals surface area contributed by atoms with Crippen molar-refractivity contribution in [1.82, 2.24) is 0 Å². The van der Waals surface area contributed by atoms with Gasteiger partial charge in [-0.2, -0.15) is 5.26 Å². The SMILES string of the molecule is COc1cc(C)cc(OC)c1-c1cc(C)ccc1C#N. The Labute approximate surface area is 119 Å². The number of nitrogens with zero attached hydrogens (tertiary/aromatic N) is 1. The lowest BCUT2D eigenvalue weighted by molar-refractivity contribution is 0.397. The molecule has 0 saturated heterocycles. The molecule has 0 atom stereocenters. The molecule has 0 N–H and O–H groups in total. The van der Waals surface area contributed by atoms with E-state index in [0.29, 0.717) is 17.1 Å². The zero-order valence-corrected chi connectivity index (χ0v) is 12.2. The second-order valence-electron chi connectivity index (χ2n) is 4.71. The summed E-state index contributed by atoms with van der Waals surface area (Å²) < 4.78 is 10.9. The average molecular weight is 267 g/mol. The van der Waals surface area contributed by atoms with E-state index in [9.17, 15) is 5.26 Å². The molecule has 0 unspecified atom stereocenters. The Kier molecular flexibility index (Phi) is 3.95. The standard InChI is InChI=1S/C17H17NO2/c1-11-5-6-13(10-18)14(7-11)17-15(19-3)8-12(2)9-16(17)20-4/h5-9H,1-4H3. The van der Waals surface area contributed by atoms with Gasteiger partial charge in [-0.15, -0.1) is 0 Å². The molecule has 20 heavy (non-hydrogen) atoms. The summed E-state index contributed by atoms with van der Waals surface area (Å²) in [6, 6.07) is 11.8. The summed E-state index contributed by atoms with van der Waals surface area (Å²) in [6.07, 6.45) is 0. The summed E-state index contributed by atoms with van der Waals surface area (Å²) in [5.74, 6) is 1.42. The predicted octanol–water partition coefficient (Wildman–Crippen LogP) is 3.86. The van der Waals surface area contributed by atoms with Gasteiger partial charge in [-0.25, -0.2) is 0 Å². The minimum atomic E-state index is 0.607. The van der Waals surface area contributed by atoms with E-state index < -0.39 is 0 Å². The molecule has 0 saturated carbocycles. The van der Waals surface area contributed by atoms with Crippen molar-refractivity contribution in [3.05, 3.63) is 47.0 Å². The van der Waals surface area contributed by atoms with E-state index in [1.165, 1.54) is 0 Å². The van der Waals surface area contributed by atoms with Crippen LogP contribution in [0.15, 0.2) is 30.3 Å². The zero-order chi connectivity index (χ0) is 14.7. The van der Waals surface area contributed by atoms with E-state index in [4.69, 9.17) is 9.47 Å². The van der Waals surface area contributed by atoms with Crippen LogP contribution in [0.2, 0.25) is 0 Å². The van der Waals surface area contributed by atoms with E-state index >= 15 is 0 Å². The Balaban J connectivity index is 2.81. The summed E-state index contributed by atoms with van der Waals surface area (Å²) >= 11 is 0. The van der Waals surface area contributed by atoms with E-state index in [1.807, 2.05) is 44.2 Å². The molecular formula is C17H17NO2. The lowest BCUT2D eigenvalue weighted by Crippen LogP contribution is -1.96. The second kappa shape index (κ2) is 5.66. The van der Waals surface area contributed by atoms with Crippen molar-refractivity contribution in [1.29, 1.82) is 5.26 Å². The van der Waals surface area contributed by atoms with Crippen LogP contribution >= 0.6 is 0 Å². The van der Waals surface area contributed by atoms with Crippen LogP contribution in [-0.2, 0) is 0 Å². The minimum absolute atomic E-state index is 0.607. The molecule has 2 rings (SSSR count). The van der Waals surface area contributed by atoms with E-state index in [2.05, 4.69) is 6.07 Å². The molecule has 2 aromatic carbocycles. The van der Waals surface area contributed by atoms with Crippen LogP contribution in [0, 0.1) is 25.2 Å². The van der Waals surface area contributed by atoms with Gasteiger partial charge < -0.3 is 9.47 Å². The van der Waals surface area contributed by atoms with Gasteiger partial charge in [0.05, 0.1) is 31.4 Å². The third kappa shape index (κ3) is 2.46. The maximum Gasteiger partial charge on any atom is 0.130 e. The van der Waals surface area contributed by atoms with Crippen molar-refractivity contribution in [2.45, 2.75) is 13.8 Å².